The van der Waals surface area contributed by atoms with Crippen LogP contribution < -0.4 is 0 Å². The number of hydrogen-bond acceptors (Lipinski definition) is 2. The van der Waals surface area contributed by atoms with E-state index in [-0.39, 0.29) is 5.95 Å². The lowest BCUT2D eigenvalue weighted by Crippen LogP contribution is -1.67. The minimum atomic E-state index is -0.0383. The molecular weight excluding hydrogens is 104 g/mol. The molecule has 0 fully saturated rings. The van der Waals surface area contributed by atoms with Crippen LogP contribution in [0.5, 0.6) is 5.95 Å². The molecule has 0 unspecified atom stereocenters. The molecule has 1 rings (SSSR count). The first-order valence-electron chi connectivity index (χ1n) is 2.38. The molecule has 43 valence electrons. The fourth-order valence-corrected chi connectivity index (χ4v) is 0.494. The van der Waals surface area contributed by atoms with Gasteiger partial charge in [0.25, 0.3) is 5.95 Å². The number of furan rings is 1. The molecule has 0 aliphatic carbocycles. The smallest absolute Gasteiger partial charge is 0.281 e. The quantitative estimate of drug-likeness (QED) is 0.593. The monoisotopic (exact) mass is 111 g/mol. The highest BCUT2D eigenvalue weighted by molar-refractivity contribution is 5.15. The van der Waals surface area contributed by atoms with Gasteiger partial charge in [-0.1, -0.05) is 0 Å². The summed E-state index contributed by atoms with van der Waals surface area (Å²) in [5.41, 5.74) is 0.919. The Balaban J connectivity index is 2.84. The van der Waals surface area contributed by atoms with Crippen molar-refractivity contribution in [2.24, 2.45) is 0 Å². The first kappa shape index (κ1) is 5.22. The topological polar surface area (TPSA) is 33.4 Å². The molecular formula is C6H7O2. The van der Waals surface area contributed by atoms with E-state index in [1.165, 1.54) is 6.26 Å². The van der Waals surface area contributed by atoms with Crippen LogP contribution in [-0.4, -0.2) is 5.11 Å². The Morgan fingerprint density at radius 2 is 2.50 bits per heavy atom. The van der Waals surface area contributed by atoms with Crippen LogP contribution in [0.1, 0.15) is 5.56 Å². The van der Waals surface area contributed by atoms with Crippen LogP contribution in [0.2, 0.25) is 0 Å². The van der Waals surface area contributed by atoms with E-state index in [4.69, 9.17) is 5.11 Å². The normalized spacial score (nSPS) is 9.62. The van der Waals surface area contributed by atoms with E-state index >= 15 is 0 Å². The summed E-state index contributed by atoms with van der Waals surface area (Å²) in [5, 5.41) is 8.59. The van der Waals surface area contributed by atoms with Gasteiger partial charge in [-0.3, -0.25) is 0 Å². The third-order valence-electron chi connectivity index (χ3n) is 0.929. The molecule has 8 heavy (non-hydrogen) atoms. The SMILES string of the molecule is [CH2]Cc1coc(O)c1. The second-order valence-corrected chi connectivity index (χ2v) is 1.54. The van der Waals surface area contributed by atoms with Crippen LogP contribution >= 0.6 is 0 Å². The van der Waals surface area contributed by atoms with E-state index in [0.717, 1.165) is 5.56 Å². The van der Waals surface area contributed by atoms with Gasteiger partial charge in [-0.2, -0.15) is 0 Å². The zero-order valence-corrected chi connectivity index (χ0v) is 4.42. The number of rotatable bonds is 1. The van der Waals surface area contributed by atoms with Crippen molar-refractivity contribution in [3.05, 3.63) is 24.8 Å². The Labute approximate surface area is 47.7 Å². The molecule has 0 aliphatic heterocycles. The van der Waals surface area contributed by atoms with Gasteiger partial charge < -0.3 is 9.52 Å². The summed E-state index contributed by atoms with van der Waals surface area (Å²) in [4.78, 5) is 0. The zero-order valence-electron chi connectivity index (χ0n) is 4.42. The van der Waals surface area contributed by atoms with Crippen LogP contribution in [0.25, 0.3) is 0 Å². The standard InChI is InChI=1S/C6H7O2/c1-2-5-3-6(7)8-4-5/h3-4,7H,1-2H2. The summed E-state index contributed by atoms with van der Waals surface area (Å²) in [7, 11) is 0. The molecule has 0 bridgehead atoms. The molecule has 0 atom stereocenters. The maximum atomic E-state index is 8.59. The van der Waals surface area contributed by atoms with Gasteiger partial charge >= 0.3 is 0 Å². The molecule has 1 N–H and O–H groups in total. The van der Waals surface area contributed by atoms with Crippen molar-refractivity contribution in [3.63, 3.8) is 0 Å². The zero-order chi connectivity index (χ0) is 5.98. The fourth-order valence-electron chi connectivity index (χ4n) is 0.494. The largest absolute Gasteiger partial charge is 0.481 e. The average molecular weight is 111 g/mol. The van der Waals surface area contributed by atoms with Crippen LogP contribution in [0.3, 0.4) is 0 Å². The lowest BCUT2D eigenvalue weighted by Gasteiger charge is -1.76. The van der Waals surface area contributed by atoms with Crippen molar-refractivity contribution >= 4 is 0 Å². The lowest BCUT2D eigenvalue weighted by atomic mass is 10.3. The van der Waals surface area contributed by atoms with E-state index in [0.29, 0.717) is 6.42 Å². The average Bonchev–Trinajstić information content (AvgIpc) is 2.14. The predicted molar refractivity (Wildman–Crippen MR) is 29.4 cm³/mol. The molecule has 0 spiro atoms. The molecule has 1 aromatic rings. The summed E-state index contributed by atoms with van der Waals surface area (Å²) in [6.07, 6.45) is 2.15. The first-order chi connectivity index (χ1) is 3.83. The molecule has 0 saturated heterocycles. The Morgan fingerprint density at radius 1 is 1.75 bits per heavy atom. The van der Waals surface area contributed by atoms with Gasteiger partial charge in [-0.05, 0) is 18.9 Å². The van der Waals surface area contributed by atoms with E-state index < -0.39 is 0 Å². The lowest BCUT2D eigenvalue weighted by molar-refractivity contribution is 0.332. The Bertz CT molecular complexity index is 167. The van der Waals surface area contributed by atoms with Gasteiger partial charge in [0.15, 0.2) is 0 Å². The van der Waals surface area contributed by atoms with E-state index in [1.54, 1.807) is 6.07 Å². The van der Waals surface area contributed by atoms with E-state index in [2.05, 4.69) is 11.3 Å². The second-order valence-electron chi connectivity index (χ2n) is 1.54. The summed E-state index contributed by atoms with van der Waals surface area (Å²) in [6.45, 7) is 3.60. The summed E-state index contributed by atoms with van der Waals surface area (Å²) >= 11 is 0. The summed E-state index contributed by atoms with van der Waals surface area (Å²) in [6, 6.07) is 1.55. The van der Waals surface area contributed by atoms with Crippen molar-refractivity contribution < 1.29 is 9.52 Å². The van der Waals surface area contributed by atoms with Gasteiger partial charge in [0.05, 0.1) is 6.26 Å². The van der Waals surface area contributed by atoms with Gasteiger partial charge in [0.1, 0.15) is 0 Å². The van der Waals surface area contributed by atoms with E-state index in [9.17, 15) is 0 Å². The maximum Gasteiger partial charge on any atom is 0.281 e. The predicted octanol–water partition coefficient (Wildman–Crippen LogP) is 1.36. The molecule has 1 aromatic heterocycles. The fraction of sp³-hybridized carbons (Fsp3) is 0.167. The molecule has 0 saturated carbocycles. The third-order valence-corrected chi connectivity index (χ3v) is 0.929. The molecule has 2 nitrogen and oxygen atoms in total. The van der Waals surface area contributed by atoms with Gasteiger partial charge in [-0.15, -0.1) is 0 Å². The molecule has 1 radical (unpaired) electrons. The Kier molecular flexibility index (Phi) is 1.24. The minimum absolute atomic E-state index is 0.0383. The highest BCUT2D eigenvalue weighted by Crippen LogP contribution is 2.12. The summed E-state index contributed by atoms with van der Waals surface area (Å²) < 4.78 is 4.57. The van der Waals surface area contributed by atoms with Gasteiger partial charge in [0.2, 0.25) is 0 Å². The van der Waals surface area contributed by atoms with E-state index in [1.807, 2.05) is 0 Å². The first-order valence-corrected chi connectivity index (χ1v) is 2.38. The van der Waals surface area contributed by atoms with Crippen molar-refractivity contribution in [1.82, 2.24) is 0 Å². The van der Waals surface area contributed by atoms with Crippen LogP contribution in [0.4, 0.5) is 0 Å². The highest BCUT2D eigenvalue weighted by Gasteiger charge is 1.93. The third kappa shape index (κ3) is 0.832. The molecule has 0 aliphatic rings. The van der Waals surface area contributed by atoms with Gasteiger partial charge in [-0.25, -0.2) is 0 Å². The Morgan fingerprint density at radius 3 is 2.75 bits per heavy atom. The number of aromatic hydroxyl groups is 1. The van der Waals surface area contributed by atoms with Crippen LogP contribution in [-0.2, 0) is 6.42 Å². The summed E-state index contributed by atoms with van der Waals surface area (Å²) in [5.74, 6) is -0.0383. The van der Waals surface area contributed by atoms with Crippen LogP contribution in [0.15, 0.2) is 16.7 Å². The highest BCUT2D eigenvalue weighted by atomic mass is 16.5. The second kappa shape index (κ2) is 1.90. The van der Waals surface area contributed by atoms with Crippen LogP contribution in [0, 0.1) is 6.92 Å². The number of hydrogen-bond donors (Lipinski definition) is 1. The van der Waals surface area contributed by atoms with Crippen molar-refractivity contribution in [1.29, 1.82) is 0 Å². The van der Waals surface area contributed by atoms with Crippen molar-refractivity contribution in [2.75, 3.05) is 0 Å². The van der Waals surface area contributed by atoms with Crippen molar-refractivity contribution in [3.8, 4) is 5.95 Å². The Hall–Kier alpha value is -0.920. The maximum absolute atomic E-state index is 8.59. The molecule has 0 amide bonds. The minimum Gasteiger partial charge on any atom is -0.481 e. The molecule has 2 heteroatoms. The molecule has 1 heterocycles. The van der Waals surface area contributed by atoms with Gasteiger partial charge in [0, 0.05) is 6.07 Å². The molecule has 0 aromatic carbocycles. The van der Waals surface area contributed by atoms with Crippen molar-refractivity contribution in [2.45, 2.75) is 6.42 Å².